The van der Waals surface area contributed by atoms with Crippen molar-refractivity contribution >= 4 is 16.9 Å². The van der Waals surface area contributed by atoms with Crippen molar-refractivity contribution in [2.75, 3.05) is 6.61 Å². The maximum Gasteiger partial charge on any atom is 0.291 e. The number of halogens is 1. The smallest absolute Gasteiger partial charge is 0.291 e. The highest BCUT2D eigenvalue weighted by atomic mass is 19.1. The lowest BCUT2D eigenvalue weighted by molar-refractivity contribution is 0.0701. The number of nitrogens with zero attached hydrogens (tertiary/aromatic N) is 1. The summed E-state index contributed by atoms with van der Waals surface area (Å²) >= 11 is 0. The highest BCUT2D eigenvalue weighted by Gasteiger charge is 2.43. The summed E-state index contributed by atoms with van der Waals surface area (Å²) in [5.74, 6) is 0.249. The molecule has 0 N–H and O–H groups in total. The fourth-order valence-corrected chi connectivity index (χ4v) is 3.99. The van der Waals surface area contributed by atoms with E-state index in [4.69, 9.17) is 13.6 Å². The molecule has 1 aliphatic heterocycles. The van der Waals surface area contributed by atoms with Crippen LogP contribution in [0.4, 0.5) is 4.39 Å². The molecule has 4 aromatic rings. The van der Waals surface area contributed by atoms with E-state index < -0.39 is 23.2 Å². The van der Waals surface area contributed by atoms with Crippen LogP contribution in [0.1, 0.15) is 40.4 Å². The van der Waals surface area contributed by atoms with Crippen molar-refractivity contribution < 1.29 is 22.8 Å². The largest absolute Gasteiger partial charge is 0.494 e. The minimum absolute atomic E-state index is 0.0328. The van der Waals surface area contributed by atoms with Gasteiger partial charge >= 0.3 is 0 Å². The van der Waals surface area contributed by atoms with Gasteiger partial charge in [-0.1, -0.05) is 12.1 Å². The summed E-state index contributed by atoms with van der Waals surface area (Å²) in [5.41, 5.74) is 0.651. The molecular formula is C24H18FNO5. The zero-order valence-corrected chi connectivity index (χ0v) is 16.6. The van der Waals surface area contributed by atoms with E-state index in [0.29, 0.717) is 23.7 Å². The summed E-state index contributed by atoms with van der Waals surface area (Å²) in [4.78, 5) is 28.2. The van der Waals surface area contributed by atoms with E-state index >= 15 is 0 Å². The van der Waals surface area contributed by atoms with Gasteiger partial charge in [0.15, 0.2) is 5.43 Å². The van der Waals surface area contributed by atoms with Gasteiger partial charge < -0.3 is 18.5 Å². The van der Waals surface area contributed by atoms with E-state index in [1.54, 1.807) is 24.3 Å². The van der Waals surface area contributed by atoms with Gasteiger partial charge in [-0.3, -0.25) is 9.59 Å². The minimum atomic E-state index is -0.702. The molecule has 156 valence electrons. The first-order chi connectivity index (χ1) is 15.1. The van der Waals surface area contributed by atoms with Crippen molar-refractivity contribution in [3.05, 3.63) is 99.5 Å². The number of furan rings is 1. The summed E-state index contributed by atoms with van der Waals surface area (Å²) < 4.78 is 30.6. The predicted octanol–water partition coefficient (Wildman–Crippen LogP) is 4.67. The van der Waals surface area contributed by atoms with Gasteiger partial charge in [0.2, 0.25) is 5.76 Å². The minimum Gasteiger partial charge on any atom is -0.494 e. The number of carbonyl (C=O) groups is 1. The van der Waals surface area contributed by atoms with Crippen LogP contribution < -0.4 is 10.2 Å². The van der Waals surface area contributed by atoms with Gasteiger partial charge in [-0.25, -0.2) is 4.39 Å². The van der Waals surface area contributed by atoms with Gasteiger partial charge in [-0.15, -0.1) is 0 Å². The van der Waals surface area contributed by atoms with Crippen molar-refractivity contribution in [3.63, 3.8) is 0 Å². The van der Waals surface area contributed by atoms with E-state index in [1.165, 1.54) is 23.3 Å². The number of hydrogen-bond acceptors (Lipinski definition) is 5. The first-order valence-electron chi connectivity index (χ1n) is 9.89. The lowest BCUT2D eigenvalue weighted by Gasteiger charge is -2.24. The molecular weight excluding hydrogens is 401 g/mol. The second kappa shape index (κ2) is 7.43. The number of hydrogen-bond donors (Lipinski definition) is 0. The predicted molar refractivity (Wildman–Crippen MR) is 110 cm³/mol. The third kappa shape index (κ3) is 3.18. The SMILES string of the molecule is CCOc1ccc(C2c3c(oc4ccc(F)cc4c3=O)C(=O)N2Cc2ccco2)cc1. The molecule has 1 atom stereocenters. The summed E-state index contributed by atoms with van der Waals surface area (Å²) in [6.07, 6.45) is 1.52. The molecule has 5 rings (SSSR count). The molecule has 7 heteroatoms. The van der Waals surface area contributed by atoms with Crippen LogP contribution in [-0.4, -0.2) is 17.4 Å². The second-order valence-electron chi connectivity index (χ2n) is 7.23. The van der Waals surface area contributed by atoms with E-state index in [1.807, 2.05) is 19.1 Å². The quantitative estimate of drug-likeness (QED) is 0.470. The summed E-state index contributed by atoms with van der Waals surface area (Å²) in [5, 5.41) is 0.0994. The first-order valence-corrected chi connectivity index (χ1v) is 9.89. The molecule has 0 bridgehead atoms. The van der Waals surface area contributed by atoms with Crippen LogP contribution in [-0.2, 0) is 6.54 Å². The number of rotatable bonds is 5. The first kappa shape index (κ1) is 19.1. The van der Waals surface area contributed by atoms with Crippen LogP contribution in [0, 0.1) is 5.82 Å². The van der Waals surface area contributed by atoms with Crippen LogP contribution in [0.3, 0.4) is 0 Å². The summed E-state index contributed by atoms with van der Waals surface area (Å²) in [6.45, 7) is 2.56. The molecule has 1 unspecified atom stereocenters. The van der Waals surface area contributed by atoms with Crippen molar-refractivity contribution in [2.24, 2.45) is 0 Å². The number of fused-ring (bicyclic) bond motifs is 2. The normalized spacial score (nSPS) is 15.5. The average Bonchev–Trinajstić information content (AvgIpc) is 3.37. The molecule has 0 spiro atoms. The molecule has 0 saturated heterocycles. The molecule has 2 aromatic heterocycles. The molecule has 3 heterocycles. The molecule has 6 nitrogen and oxygen atoms in total. The fraction of sp³-hybridized carbons (Fsp3) is 0.167. The topological polar surface area (TPSA) is 72.9 Å². The van der Waals surface area contributed by atoms with E-state index in [9.17, 15) is 14.0 Å². The molecule has 1 aliphatic rings. The van der Waals surface area contributed by atoms with Crippen LogP contribution in [0.15, 0.2) is 74.5 Å². The van der Waals surface area contributed by atoms with E-state index in [0.717, 1.165) is 6.07 Å². The number of benzene rings is 2. The van der Waals surface area contributed by atoms with Gasteiger partial charge in [-0.05, 0) is 55.0 Å². The van der Waals surface area contributed by atoms with Crippen LogP contribution >= 0.6 is 0 Å². The Bertz CT molecular complexity index is 1320. The molecule has 0 radical (unpaired) electrons. The van der Waals surface area contributed by atoms with E-state index in [-0.39, 0.29) is 28.8 Å². The fourth-order valence-electron chi connectivity index (χ4n) is 3.99. The van der Waals surface area contributed by atoms with Crippen molar-refractivity contribution in [3.8, 4) is 5.75 Å². The third-order valence-electron chi connectivity index (χ3n) is 5.34. The standard InChI is InChI=1S/C24H18FNO5/c1-2-29-16-8-5-14(6-9-16)21-20-22(27)18-12-15(25)7-10-19(18)31-23(20)24(28)26(21)13-17-4-3-11-30-17/h3-12,21H,2,13H2,1H3. The number of ether oxygens (including phenoxy) is 1. The van der Waals surface area contributed by atoms with E-state index in [2.05, 4.69) is 0 Å². The van der Waals surface area contributed by atoms with Crippen LogP contribution in [0.25, 0.3) is 11.0 Å². The Morgan fingerprint density at radius 1 is 1.10 bits per heavy atom. The van der Waals surface area contributed by atoms with Gasteiger partial charge in [0.25, 0.3) is 5.91 Å². The Balaban J connectivity index is 1.70. The number of carbonyl (C=O) groups excluding carboxylic acids is 1. The Labute approximate surface area is 176 Å². The molecule has 0 saturated carbocycles. The third-order valence-corrected chi connectivity index (χ3v) is 5.34. The van der Waals surface area contributed by atoms with Crippen molar-refractivity contribution in [2.45, 2.75) is 19.5 Å². The lowest BCUT2D eigenvalue weighted by Crippen LogP contribution is -2.29. The maximum absolute atomic E-state index is 13.8. The maximum atomic E-state index is 13.8. The van der Waals surface area contributed by atoms with Gasteiger partial charge in [0.1, 0.15) is 22.9 Å². The van der Waals surface area contributed by atoms with Crippen molar-refractivity contribution in [1.82, 2.24) is 4.90 Å². The zero-order chi connectivity index (χ0) is 21.5. The Morgan fingerprint density at radius 3 is 2.61 bits per heavy atom. The molecule has 1 amide bonds. The highest BCUT2D eigenvalue weighted by Crippen LogP contribution is 2.39. The molecule has 0 fully saturated rings. The van der Waals surface area contributed by atoms with Gasteiger partial charge in [-0.2, -0.15) is 0 Å². The van der Waals surface area contributed by atoms with Gasteiger partial charge in [0, 0.05) is 0 Å². The average molecular weight is 419 g/mol. The zero-order valence-electron chi connectivity index (χ0n) is 16.6. The second-order valence-corrected chi connectivity index (χ2v) is 7.23. The Morgan fingerprint density at radius 2 is 1.90 bits per heavy atom. The Hall–Kier alpha value is -3.87. The highest BCUT2D eigenvalue weighted by molar-refractivity contribution is 5.99. The number of amides is 1. The summed E-state index contributed by atoms with van der Waals surface area (Å²) in [6, 6.07) is 13.7. The molecule has 2 aromatic carbocycles. The Kier molecular flexibility index (Phi) is 4.58. The summed E-state index contributed by atoms with van der Waals surface area (Å²) in [7, 11) is 0. The van der Waals surface area contributed by atoms with Gasteiger partial charge in [0.05, 0.1) is 36.4 Å². The molecule has 31 heavy (non-hydrogen) atoms. The van der Waals surface area contributed by atoms with Crippen LogP contribution in [0.2, 0.25) is 0 Å². The molecule has 0 aliphatic carbocycles. The monoisotopic (exact) mass is 419 g/mol. The lowest BCUT2D eigenvalue weighted by atomic mass is 9.98. The van der Waals surface area contributed by atoms with Crippen molar-refractivity contribution in [1.29, 1.82) is 0 Å². The van der Waals surface area contributed by atoms with Crippen LogP contribution in [0.5, 0.6) is 5.75 Å².